The minimum atomic E-state index is -0.127. The van der Waals surface area contributed by atoms with E-state index in [2.05, 4.69) is 28.4 Å². The zero-order valence-corrected chi connectivity index (χ0v) is 22.8. The number of methoxy groups -OCH3 is 1. The van der Waals surface area contributed by atoms with Gasteiger partial charge in [-0.25, -0.2) is 0 Å². The summed E-state index contributed by atoms with van der Waals surface area (Å²) in [5.41, 5.74) is 5.71. The molecule has 4 aromatic rings. The molecule has 0 atom stereocenters. The number of nitrogens with one attached hydrogen (secondary N) is 1. The summed E-state index contributed by atoms with van der Waals surface area (Å²) in [6, 6.07) is 19.4. The fraction of sp³-hybridized carbons (Fsp3) is 0.156. The second-order valence-corrected chi connectivity index (χ2v) is 9.45. The van der Waals surface area contributed by atoms with Crippen LogP contribution < -0.4 is 14.8 Å². The van der Waals surface area contributed by atoms with Gasteiger partial charge in [0.1, 0.15) is 5.76 Å². The topological polar surface area (TPSA) is 89.7 Å². The van der Waals surface area contributed by atoms with E-state index in [1.807, 2.05) is 79.0 Å². The Morgan fingerprint density at radius 2 is 1.77 bits per heavy atom. The van der Waals surface area contributed by atoms with Gasteiger partial charge in [-0.05, 0) is 59.5 Å². The number of allylic oxidation sites excluding steroid dienone is 3. The van der Waals surface area contributed by atoms with Gasteiger partial charge in [-0.15, -0.1) is 0 Å². The van der Waals surface area contributed by atoms with Crippen LogP contribution in [-0.4, -0.2) is 35.1 Å². The van der Waals surface area contributed by atoms with Crippen molar-refractivity contribution < 1.29 is 18.8 Å². The third-order valence-corrected chi connectivity index (χ3v) is 6.34. The van der Waals surface area contributed by atoms with Crippen molar-refractivity contribution in [3.63, 3.8) is 0 Å². The smallest absolute Gasteiger partial charge is 0.228 e. The van der Waals surface area contributed by atoms with E-state index < -0.39 is 0 Å². The van der Waals surface area contributed by atoms with E-state index >= 15 is 0 Å². The number of carbonyl (C=O) groups excluding carboxylic acids is 1. The van der Waals surface area contributed by atoms with E-state index in [1.165, 1.54) is 0 Å². The first-order valence-corrected chi connectivity index (χ1v) is 12.8. The van der Waals surface area contributed by atoms with Crippen molar-refractivity contribution >= 4 is 11.6 Å². The van der Waals surface area contributed by atoms with Crippen molar-refractivity contribution in [3.05, 3.63) is 114 Å². The first-order valence-electron chi connectivity index (χ1n) is 12.8. The minimum absolute atomic E-state index is 0.127. The zero-order valence-electron chi connectivity index (χ0n) is 22.8. The number of carbonyl (C=O) groups is 1. The van der Waals surface area contributed by atoms with Gasteiger partial charge in [-0.1, -0.05) is 47.6 Å². The lowest BCUT2D eigenvalue weighted by atomic mass is 9.97. The average molecular weight is 535 g/mol. The van der Waals surface area contributed by atoms with Crippen molar-refractivity contribution in [2.75, 3.05) is 19.5 Å². The van der Waals surface area contributed by atoms with Crippen LogP contribution in [0.4, 0.5) is 5.69 Å². The second-order valence-electron chi connectivity index (χ2n) is 9.45. The molecule has 0 saturated heterocycles. The highest BCUT2D eigenvalue weighted by molar-refractivity contribution is 5.92. The van der Waals surface area contributed by atoms with Crippen molar-refractivity contribution in [1.29, 1.82) is 0 Å². The number of ether oxygens (including phenoxy) is 2. The number of nitrogens with zero attached hydrogens (tertiary/aromatic N) is 3. The SMILES string of the molecule is COc1ccc(NC(=O)Cc2ccc(-c3ccc(-c4noc(C)n4)cc3C)cc2)cc1OC1=CN(C)C=CC=C1. The normalized spacial score (nSPS) is 12.6. The predicted molar refractivity (Wildman–Crippen MR) is 155 cm³/mol. The summed E-state index contributed by atoms with van der Waals surface area (Å²) in [4.78, 5) is 19.1. The monoisotopic (exact) mass is 534 g/mol. The molecule has 8 heteroatoms. The molecule has 3 aromatic carbocycles. The van der Waals surface area contributed by atoms with E-state index in [0.717, 1.165) is 27.8 Å². The zero-order chi connectivity index (χ0) is 28.1. The van der Waals surface area contributed by atoms with Crippen LogP contribution in [-0.2, 0) is 11.2 Å². The van der Waals surface area contributed by atoms with Crippen LogP contribution in [0.5, 0.6) is 11.5 Å². The van der Waals surface area contributed by atoms with Crippen LogP contribution in [0.25, 0.3) is 22.5 Å². The Morgan fingerprint density at radius 1 is 0.975 bits per heavy atom. The number of anilines is 1. The van der Waals surface area contributed by atoms with E-state index in [0.29, 0.717) is 34.7 Å². The van der Waals surface area contributed by atoms with Crippen molar-refractivity contribution in [2.24, 2.45) is 0 Å². The van der Waals surface area contributed by atoms with Crippen LogP contribution in [0.2, 0.25) is 0 Å². The van der Waals surface area contributed by atoms with Gasteiger partial charge in [-0.2, -0.15) is 4.98 Å². The van der Waals surface area contributed by atoms with Gasteiger partial charge in [-0.3, -0.25) is 4.79 Å². The quantitative estimate of drug-likeness (QED) is 0.278. The molecule has 1 aliphatic heterocycles. The van der Waals surface area contributed by atoms with Crippen LogP contribution in [0.3, 0.4) is 0 Å². The summed E-state index contributed by atoms with van der Waals surface area (Å²) in [5.74, 6) is 2.70. The molecule has 1 amide bonds. The maximum atomic E-state index is 12.9. The van der Waals surface area contributed by atoms with Gasteiger partial charge in [0.15, 0.2) is 11.5 Å². The molecule has 40 heavy (non-hydrogen) atoms. The molecule has 0 aliphatic carbocycles. The van der Waals surface area contributed by atoms with E-state index in [1.54, 1.807) is 32.2 Å². The molecule has 0 radical (unpaired) electrons. The highest BCUT2D eigenvalue weighted by Gasteiger charge is 2.13. The van der Waals surface area contributed by atoms with Crippen molar-refractivity contribution in [3.8, 4) is 34.0 Å². The molecule has 1 aliphatic rings. The summed E-state index contributed by atoms with van der Waals surface area (Å²) >= 11 is 0. The van der Waals surface area contributed by atoms with Crippen LogP contribution in [0.1, 0.15) is 17.0 Å². The average Bonchev–Trinajstić information content (AvgIpc) is 3.27. The highest BCUT2D eigenvalue weighted by atomic mass is 16.5. The summed E-state index contributed by atoms with van der Waals surface area (Å²) in [5, 5.41) is 6.96. The Hall–Kier alpha value is -5.11. The van der Waals surface area contributed by atoms with Gasteiger partial charge in [0.25, 0.3) is 0 Å². The van der Waals surface area contributed by atoms with Gasteiger partial charge < -0.3 is 24.2 Å². The summed E-state index contributed by atoms with van der Waals surface area (Å²) in [7, 11) is 3.50. The summed E-state index contributed by atoms with van der Waals surface area (Å²) in [6.07, 6.45) is 9.69. The van der Waals surface area contributed by atoms with Gasteiger partial charge in [0, 0.05) is 43.7 Å². The number of aromatic nitrogens is 2. The molecule has 0 fully saturated rings. The van der Waals surface area contributed by atoms with Crippen molar-refractivity contribution in [1.82, 2.24) is 15.0 Å². The molecule has 2 heterocycles. The van der Waals surface area contributed by atoms with Gasteiger partial charge in [0.05, 0.1) is 13.5 Å². The highest BCUT2D eigenvalue weighted by Crippen LogP contribution is 2.32. The Balaban J connectivity index is 1.24. The van der Waals surface area contributed by atoms with E-state index in [-0.39, 0.29) is 12.3 Å². The Labute approximate surface area is 233 Å². The third kappa shape index (κ3) is 6.30. The molecule has 1 aromatic heterocycles. The maximum absolute atomic E-state index is 12.9. The van der Waals surface area contributed by atoms with E-state index in [4.69, 9.17) is 14.0 Å². The van der Waals surface area contributed by atoms with Gasteiger partial charge in [0.2, 0.25) is 17.6 Å². The summed E-state index contributed by atoms with van der Waals surface area (Å²) < 4.78 is 16.6. The molecular formula is C32H30N4O4. The van der Waals surface area contributed by atoms with Gasteiger partial charge >= 0.3 is 0 Å². The predicted octanol–water partition coefficient (Wildman–Crippen LogP) is 6.45. The molecule has 0 saturated carbocycles. The fourth-order valence-corrected chi connectivity index (χ4v) is 4.38. The van der Waals surface area contributed by atoms with Crippen molar-refractivity contribution in [2.45, 2.75) is 20.3 Å². The first-order chi connectivity index (χ1) is 19.4. The largest absolute Gasteiger partial charge is 0.493 e. The summed E-state index contributed by atoms with van der Waals surface area (Å²) in [6.45, 7) is 3.83. The Bertz CT molecular complexity index is 1620. The van der Waals surface area contributed by atoms with Crippen LogP contribution in [0, 0.1) is 13.8 Å². The fourth-order valence-electron chi connectivity index (χ4n) is 4.38. The molecule has 8 nitrogen and oxygen atoms in total. The number of hydrogen-bond acceptors (Lipinski definition) is 7. The molecule has 202 valence electrons. The Kier molecular flexibility index (Phi) is 7.77. The number of amides is 1. The van der Waals surface area contributed by atoms with E-state index in [9.17, 15) is 4.79 Å². The maximum Gasteiger partial charge on any atom is 0.228 e. The first kappa shape index (κ1) is 26.5. The molecule has 5 rings (SSSR count). The standard InChI is InChI=1S/C32H30N4O4/c1-21-17-25(32-33-22(2)40-35-32)12-14-28(21)24-10-8-23(9-11-24)18-31(37)34-26-13-15-29(38-4)30(19-26)39-27-7-5-6-16-36(3)20-27/h5-17,19-20H,18H2,1-4H3,(H,34,37). The lowest BCUT2D eigenvalue weighted by Crippen LogP contribution is -2.14. The number of hydrogen-bond donors (Lipinski definition) is 1. The number of aryl methyl sites for hydroxylation is 2. The lowest BCUT2D eigenvalue weighted by molar-refractivity contribution is -0.115. The molecule has 0 bridgehead atoms. The lowest BCUT2D eigenvalue weighted by Gasteiger charge is -2.14. The minimum Gasteiger partial charge on any atom is -0.493 e. The van der Waals surface area contributed by atoms with Crippen LogP contribution in [0.15, 0.2) is 102 Å². The molecule has 0 spiro atoms. The second kappa shape index (κ2) is 11.7. The molecule has 0 unspecified atom stereocenters. The number of rotatable bonds is 8. The number of benzene rings is 3. The molecule has 1 N–H and O–H groups in total. The van der Waals surface area contributed by atoms with Crippen LogP contribution >= 0.6 is 0 Å². The molecular weight excluding hydrogens is 504 g/mol. The third-order valence-electron chi connectivity index (χ3n) is 6.34. The Morgan fingerprint density at radius 3 is 2.50 bits per heavy atom.